The summed E-state index contributed by atoms with van der Waals surface area (Å²) in [6, 6.07) is 0.0912. The summed E-state index contributed by atoms with van der Waals surface area (Å²) < 4.78 is 96.5. The Labute approximate surface area is 148 Å². The van der Waals surface area contributed by atoms with Crippen molar-refractivity contribution in [1.29, 1.82) is 0 Å². The zero-order chi connectivity index (χ0) is 20.8. The molecule has 0 aliphatic carbocycles. The number of aromatic nitrogens is 2. The summed E-state index contributed by atoms with van der Waals surface area (Å²) in [5.41, 5.74) is -4.42. The van der Waals surface area contributed by atoms with E-state index < -0.39 is 27.8 Å². The third kappa shape index (κ3) is 4.45. The number of aliphatic carboxylic acids is 1. The minimum atomic E-state index is -5.67. The van der Waals surface area contributed by atoms with Gasteiger partial charge < -0.3 is 14.6 Å². The molecule has 1 aromatic rings. The van der Waals surface area contributed by atoms with Gasteiger partial charge in [-0.15, -0.1) is 0 Å². The number of rotatable bonds is 2. The van der Waals surface area contributed by atoms with Crippen molar-refractivity contribution < 1.29 is 48.8 Å². The number of fused-ring (bicyclic) bond motifs is 4. The van der Waals surface area contributed by atoms with Gasteiger partial charge in [-0.25, -0.2) is 9.48 Å². The average molecular weight is 425 g/mol. The lowest BCUT2D eigenvalue weighted by atomic mass is 10.0. The number of hydrogen-bond acceptors (Lipinski definition) is 6. The fraction of sp³-hybridized carbons (Fsp3) is 0.667. The Morgan fingerprint density at radius 3 is 2.30 bits per heavy atom. The minimum Gasteiger partial charge on any atom is -0.475 e. The van der Waals surface area contributed by atoms with Crippen molar-refractivity contribution in [2.45, 2.75) is 43.0 Å². The number of carboxylic acid groups (broad SMARTS) is 1. The van der Waals surface area contributed by atoms with E-state index in [2.05, 4.69) is 14.6 Å². The molecule has 0 amide bonds. The third-order valence-corrected chi connectivity index (χ3v) is 4.80. The Morgan fingerprint density at radius 2 is 1.81 bits per heavy atom. The molecular formula is C12H13F6N3O5S. The molecule has 2 aliphatic rings. The van der Waals surface area contributed by atoms with Crippen molar-refractivity contribution in [2.75, 3.05) is 0 Å². The zero-order valence-corrected chi connectivity index (χ0v) is 14.2. The average Bonchev–Trinajstić information content (AvgIpc) is 3.02. The fourth-order valence-electron chi connectivity index (χ4n) is 2.74. The first-order valence-corrected chi connectivity index (χ1v) is 8.67. The van der Waals surface area contributed by atoms with E-state index in [-0.39, 0.29) is 18.0 Å². The predicted octanol–water partition coefficient (Wildman–Crippen LogP) is 1.63. The largest absolute Gasteiger partial charge is 0.534 e. The summed E-state index contributed by atoms with van der Waals surface area (Å²) >= 11 is 0. The van der Waals surface area contributed by atoms with Gasteiger partial charge in [-0.1, -0.05) is 0 Å². The van der Waals surface area contributed by atoms with Crippen molar-refractivity contribution in [1.82, 2.24) is 15.1 Å². The highest BCUT2D eigenvalue weighted by atomic mass is 32.2. The summed E-state index contributed by atoms with van der Waals surface area (Å²) in [4.78, 5) is 8.90. The van der Waals surface area contributed by atoms with E-state index in [1.54, 1.807) is 0 Å². The molecule has 3 heterocycles. The first kappa shape index (κ1) is 21.3. The van der Waals surface area contributed by atoms with Gasteiger partial charge in [0.2, 0.25) is 5.88 Å². The molecule has 2 bridgehead atoms. The van der Waals surface area contributed by atoms with Crippen LogP contribution in [0.5, 0.6) is 5.88 Å². The number of nitrogens with zero attached hydrogens (tertiary/aromatic N) is 2. The van der Waals surface area contributed by atoms with Crippen LogP contribution in [0.15, 0.2) is 0 Å². The van der Waals surface area contributed by atoms with Gasteiger partial charge in [-0.05, 0) is 19.3 Å². The van der Waals surface area contributed by atoms with Gasteiger partial charge in [-0.2, -0.15) is 39.9 Å². The van der Waals surface area contributed by atoms with Crippen LogP contribution in [0.1, 0.15) is 30.1 Å². The second-order valence-electron chi connectivity index (χ2n) is 5.78. The summed E-state index contributed by atoms with van der Waals surface area (Å²) in [6.45, 7) is 0. The highest BCUT2D eigenvalue weighted by Crippen LogP contribution is 2.40. The van der Waals surface area contributed by atoms with Crippen LogP contribution in [0, 0.1) is 0 Å². The summed E-state index contributed by atoms with van der Waals surface area (Å²) in [5.74, 6) is -3.09. The molecule has 154 valence electrons. The lowest BCUT2D eigenvalue weighted by Gasteiger charge is -2.20. The second-order valence-corrected chi connectivity index (χ2v) is 7.31. The van der Waals surface area contributed by atoms with Gasteiger partial charge in [0.1, 0.15) is 0 Å². The zero-order valence-electron chi connectivity index (χ0n) is 13.4. The fourth-order valence-corrected chi connectivity index (χ4v) is 3.25. The topological polar surface area (TPSA) is 111 Å². The molecule has 0 saturated carbocycles. The molecular weight excluding hydrogens is 412 g/mol. The van der Waals surface area contributed by atoms with Gasteiger partial charge in [0, 0.05) is 18.7 Å². The van der Waals surface area contributed by atoms with E-state index in [0.29, 0.717) is 17.7 Å². The molecule has 0 unspecified atom stereocenters. The van der Waals surface area contributed by atoms with Gasteiger partial charge >= 0.3 is 27.8 Å². The lowest BCUT2D eigenvalue weighted by molar-refractivity contribution is -0.192. The molecule has 15 heteroatoms. The number of carbonyl (C=O) groups is 1. The van der Waals surface area contributed by atoms with Gasteiger partial charge in [0.15, 0.2) is 0 Å². The maximum absolute atomic E-state index is 12.4. The van der Waals surface area contributed by atoms with E-state index in [1.165, 1.54) is 7.05 Å². The minimum absolute atomic E-state index is 0.0408. The predicted molar refractivity (Wildman–Crippen MR) is 75.1 cm³/mol. The number of alkyl halides is 6. The lowest BCUT2D eigenvalue weighted by Crippen LogP contribution is -2.32. The van der Waals surface area contributed by atoms with Gasteiger partial charge in [0.25, 0.3) is 0 Å². The van der Waals surface area contributed by atoms with Crippen LogP contribution in [-0.4, -0.2) is 47.0 Å². The monoisotopic (exact) mass is 425 g/mol. The van der Waals surface area contributed by atoms with Crippen LogP contribution in [0.4, 0.5) is 26.3 Å². The Bertz CT molecular complexity index is 832. The Kier molecular flexibility index (Phi) is 5.40. The van der Waals surface area contributed by atoms with Crippen LogP contribution in [0.2, 0.25) is 0 Å². The molecule has 2 atom stereocenters. The number of nitrogens with one attached hydrogen (secondary N) is 1. The normalized spacial score (nSPS) is 21.9. The van der Waals surface area contributed by atoms with E-state index in [0.717, 1.165) is 17.5 Å². The first-order chi connectivity index (χ1) is 12.1. The molecule has 27 heavy (non-hydrogen) atoms. The summed E-state index contributed by atoms with van der Waals surface area (Å²) in [6.07, 6.45) is -2.95. The van der Waals surface area contributed by atoms with E-state index in [4.69, 9.17) is 9.90 Å². The standard InChI is InChI=1S/C10H12F3N3O3S.C2HF3O2/c1-16-9(19-20(17,18)10(11,12)13)6-4-5-2-3-7(14-5)8(6)15-16;3-2(4,5)1(6)7/h5,7,14H,2-4H2,1H3;(H,6,7)/t5-,7+;/m1./s1. The quantitative estimate of drug-likeness (QED) is 0.421. The van der Waals surface area contributed by atoms with Crippen molar-refractivity contribution in [2.24, 2.45) is 7.05 Å². The van der Waals surface area contributed by atoms with Crippen molar-refractivity contribution in [3.63, 3.8) is 0 Å². The summed E-state index contributed by atoms with van der Waals surface area (Å²) in [7, 11) is -4.30. The third-order valence-electron chi connectivity index (χ3n) is 3.85. The first-order valence-electron chi connectivity index (χ1n) is 7.26. The number of carboxylic acids is 1. The van der Waals surface area contributed by atoms with E-state index >= 15 is 0 Å². The molecule has 1 saturated heterocycles. The number of halogens is 6. The highest BCUT2D eigenvalue weighted by molar-refractivity contribution is 7.87. The van der Waals surface area contributed by atoms with Crippen LogP contribution < -0.4 is 9.50 Å². The molecule has 8 nitrogen and oxygen atoms in total. The maximum Gasteiger partial charge on any atom is 0.534 e. The molecule has 1 aromatic heterocycles. The number of aryl methyl sites for hydroxylation is 1. The molecule has 2 aliphatic heterocycles. The SMILES string of the molecule is Cn1nc2c(c1OS(=O)(=O)C(F)(F)F)C[C@H]1CC[C@@H]2N1.O=C(O)C(F)(F)F. The molecule has 0 spiro atoms. The molecule has 3 rings (SSSR count). The Balaban J connectivity index is 0.000000321. The Hall–Kier alpha value is -2.03. The van der Waals surface area contributed by atoms with E-state index in [9.17, 15) is 34.8 Å². The van der Waals surface area contributed by atoms with Crippen LogP contribution >= 0.6 is 0 Å². The maximum atomic E-state index is 12.4. The summed E-state index contributed by atoms with van der Waals surface area (Å²) in [5, 5.41) is 14.5. The molecule has 2 N–H and O–H groups in total. The second kappa shape index (κ2) is 6.85. The van der Waals surface area contributed by atoms with Gasteiger partial charge in [0.05, 0.1) is 11.7 Å². The molecule has 0 radical (unpaired) electrons. The van der Waals surface area contributed by atoms with Crippen molar-refractivity contribution in [3.05, 3.63) is 11.3 Å². The van der Waals surface area contributed by atoms with E-state index in [1.807, 2.05) is 0 Å². The molecule has 0 aromatic carbocycles. The molecule has 1 fully saturated rings. The van der Waals surface area contributed by atoms with Gasteiger partial charge in [-0.3, -0.25) is 0 Å². The Morgan fingerprint density at radius 1 is 1.26 bits per heavy atom. The van der Waals surface area contributed by atoms with Crippen LogP contribution in [-0.2, 0) is 28.4 Å². The van der Waals surface area contributed by atoms with Crippen molar-refractivity contribution >= 4 is 16.1 Å². The van der Waals surface area contributed by atoms with Crippen LogP contribution in [0.25, 0.3) is 0 Å². The van der Waals surface area contributed by atoms with Crippen molar-refractivity contribution in [3.8, 4) is 5.88 Å². The number of hydrogen-bond donors (Lipinski definition) is 2. The smallest absolute Gasteiger partial charge is 0.475 e. The highest BCUT2D eigenvalue weighted by Gasteiger charge is 2.50. The van der Waals surface area contributed by atoms with Crippen LogP contribution in [0.3, 0.4) is 0 Å².